The summed E-state index contributed by atoms with van der Waals surface area (Å²) >= 11 is 1.50. The Morgan fingerprint density at radius 3 is 2.74 bits per heavy atom. The smallest absolute Gasteiger partial charge is 0.280 e. The maximum absolute atomic E-state index is 13.0. The molecule has 1 amide bonds. The highest BCUT2D eigenvalue weighted by molar-refractivity contribution is 7.16. The lowest BCUT2D eigenvalue weighted by Crippen LogP contribution is -2.17. The van der Waals surface area contributed by atoms with Gasteiger partial charge in [-0.3, -0.25) is 4.79 Å². The van der Waals surface area contributed by atoms with Crippen molar-refractivity contribution in [1.29, 1.82) is 0 Å². The minimum atomic E-state index is -0.251. The molecule has 3 nitrogen and oxygen atoms in total. The van der Waals surface area contributed by atoms with Crippen molar-refractivity contribution in [3.05, 3.63) is 76.1 Å². The van der Waals surface area contributed by atoms with Crippen LogP contribution in [0.4, 0.5) is 0 Å². The lowest BCUT2D eigenvalue weighted by Gasteiger charge is -2.05. The van der Waals surface area contributed by atoms with E-state index >= 15 is 0 Å². The van der Waals surface area contributed by atoms with Crippen LogP contribution in [-0.2, 0) is 6.54 Å². The topological polar surface area (TPSA) is 34.4 Å². The van der Waals surface area contributed by atoms with E-state index in [1.807, 2.05) is 47.0 Å². The first-order valence-electron chi connectivity index (χ1n) is 8.69. The van der Waals surface area contributed by atoms with Crippen molar-refractivity contribution in [3.8, 4) is 12.3 Å². The van der Waals surface area contributed by atoms with E-state index in [4.69, 9.17) is 6.42 Å². The number of terminal acetylenes is 1. The van der Waals surface area contributed by atoms with Crippen LogP contribution in [0.15, 0.2) is 59.6 Å². The molecular weight excluding hydrogens is 352 g/mol. The molecule has 0 aliphatic heterocycles. The molecule has 1 heterocycles. The number of thiazole rings is 1. The molecule has 4 aromatic rings. The normalized spacial score (nSPS) is 11.8. The van der Waals surface area contributed by atoms with Gasteiger partial charge in [0, 0.05) is 5.56 Å². The predicted octanol–water partition coefficient (Wildman–Crippen LogP) is 4.85. The number of hydrogen-bond donors (Lipinski definition) is 0. The minimum Gasteiger partial charge on any atom is -0.304 e. The van der Waals surface area contributed by atoms with Crippen molar-refractivity contribution in [1.82, 2.24) is 4.57 Å². The van der Waals surface area contributed by atoms with Gasteiger partial charge < -0.3 is 4.57 Å². The van der Waals surface area contributed by atoms with Crippen molar-refractivity contribution in [2.75, 3.05) is 0 Å². The summed E-state index contributed by atoms with van der Waals surface area (Å²) in [5.41, 5.74) is 3.97. The lowest BCUT2D eigenvalue weighted by molar-refractivity contribution is 0.0999. The molecule has 27 heavy (non-hydrogen) atoms. The number of carbonyl (C=O) groups excluding carboxylic acids is 1. The highest BCUT2D eigenvalue weighted by Gasteiger charge is 2.12. The molecule has 0 saturated heterocycles. The van der Waals surface area contributed by atoms with Crippen LogP contribution in [-0.4, -0.2) is 10.5 Å². The average Bonchev–Trinajstić information content (AvgIpc) is 2.98. The molecule has 0 aliphatic rings. The van der Waals surface area contributed by atoms with Crippen LogP contribution in [0.1, 0.15) is 21.5 Å². The van der Waals surface area contributed by atoms with E-state index in [9.17, 15) is 4.79 Å². The summed E-state index contributed by atoms with van der Waals surface area (Å²) in [6, 6.07) is 17.8. The number of amides is 1. The molecular formula is C23H18N2OS. The van der Waals surface area contributed by atoms with Gasteiger partial charge in [0.15, 0.2) is 4.80 Å². The molecule has 0 N–H and O–H groups in total. The van der Waals surface area contributed by atoms with Gasteiger partial charge in [0.25, 0.3) is 5.91 Å². The Hall–Kier alpha value is -3.16. The van der Waals surface area contributed by atoms with E-state index in [0.717, 1.165) is 26.6 Å². The number of carbonyl (C=O) groups is 1. The second kappa shape index (κ2) is 6.86. The summed E-state index contributed by atoms with van der Waals surface area (Å²) in [6.07, 6.45) is 5.58. The predicted molar refractivity (Wildman–Crippen MR) is 112 cm³/mol. The zero-order valence-electron chi connectivity index (χ0n) is 15.2. The fourth-order valence-electron chi connectivity index (χ4n) is 3.47. The molecule has 0 radical (unpaired) electrons. The fraction of sp³-hybridized carbons (Fsp3) is 0.130. The van der Waals surface area contributed by atoms with Crippen LogP contribution in [0.5, 0.6) is 0 Å². The lowest BCUT2D eigenvalue weighted by atomic mass is 10.0. The Balaban J connectivity index is 1.94. The zero-order valence-corrected chi connectivity index (χ0v) is 16.0. The van der Waals surface area contributed by atoms with E-state index in [1.165, 1.54) is 16.9 Å². The van der Waals surface area contributed by atoms with E-state index in [2.05, 4.69) is 36.9 Å². The molecule has 1 aromatic heterocycles. The number of aromatic nitrogens is 1. The second-order valence-electron chi connectivity index (χ2n) is 6.55. The van der Waals surface area contributed by atoms with Crippen molar-refractivity contribution < 1.29 is 4.79 Å². The standard InChI is InChI=1S/C23H18N2OS/c1-4-12-25-21-16(3)13-15(2)14-20(21)27-23(25)24-22(26)19-11-7-9-17-8-5-6-10-18(17)19/h1,5-11,13-14H,12H2,2-3H3. The van der Waals surface area contributed by atoms with Crippen LogP contribution in [0.3, 0.4) is 0 Å². The number of nitrogens with zero attached hydrogens (tertiary/aromatic N) is 2. The summed E-state index contributed by atoms with van der Waals surface area (Å²) in [4.78, 5) is 18.1. The molecule has 0 unspecified atom stereocenters. The van der Waals surface area contributed by atoms with Gasteiger partial charge >= 0.3 is 0 Å². The quantitative estimate of drug-likeness (QED) is 0.465. The van der Waals surface area contributed by atoms with Crippen molar-refractivity contribution in [2.24, 2.45) is 4.99 Å². The van der Waals surface area contributed by atoms with Gasteiger partial charge in [-0.1, -0.05) is 59.7 Å². The zero-order chi connectivity index (χ0) is 19.0. The van der Waals surface area contributed by atoms with Crippen LogP contribution < -0.4 is 4.80 Å². The van der Waals surface area contributed by atoms with Gasteiger partial charge in [-0.25, -0.2) is 0 Å². The largest absolute Gasteiger partial charge is 0.304 e. The average molecular weight is 370 g/mol. The summed E-state index contributed by atoms with van der Waals surface area (Å²) in [6.45, 7) is 4.51. The van der Waals surface area contributed by atoms with Crippen LogP contribution in [0, 0.1) is 26.2 Å². The molecule has 4 heteroatoms. The fourth-order valence-corrected chi connectivity index (χ4v) is 4.68. The molecule has 4 rings (SSSR count). The molecule has 132 valence electrons. The third kappa shape index (κ3) is 3.07. The number of rotatable bonds is 2. The van der Waals surface area contributed by atoms with Gasteiger partial charge in [0.1, 0.15) is 0 Å². The summed E-state index contributed by atoms with van der Waals surface area (Å²) < 4.78 is 3.05. The van der Waals surface area contributed by atoms with Crippen molar-refractivity contribution in [2.45, 2.75) is 20.4 Å². The number of hydrogen-bond acceptors (Lipinski definition) is 2. The van der Waals surface area contributed by atoms with E-state index in [0.29, 0.717) is 16.9 Å². The van der Waals surface area contributed by atoms with Gasteiger partial charge in [0.05, 0.1) is 16.8 Å². The molecule has 0 atom stereocenters. The number of fused-ring (bicyclic) bond motifs is 2. The Morgan fingerprint density at radius 2 is 1.93 bits per heavy atom. The van der Waals surface area contributed by atoms with Gasteiger partial charge in [-0.15, -0.1) is 6.42 Å². The highest BCUT2D eigenvalue weighted by atomic mass is 32.1. The first-order chi connectivity index (χ1) is 13.1. The highest BCUT2D eigenvalue weighted by Crippen LogP contribution is 2.24. The van der Waals surface area contributed by atoms with E-state index < -0.39 is 0 Å². The molecule has 0 spiro atoms. The van der Waals surface area contributed by atoms with Gasteiger partial charge in [0.2, 0.25) is 0 Å². The van der Waals surface area contributed by atoms with Crippen molar-refractivity contribution >= 4 is 38.2 Å². The monoisotopic (exact) mass is 370 g/mol. The third-order valence-corrected chi connectivity index (χ3v) is 5.60. The maximum Gasteiger partial charge on any atom is 0.280 e. The summed E-state index contributed by atoms with van der Waals surface area (Å²) in [7, 11) is 0. The number of benzene rings is 3. The second-order valence-corrected chi connectivity index (χ2v) is 7.56. The first kappa shape index (κ1) is 17.3. The Morgan fingerprint density at radius 1 is 1.15 bits per heavy atom. The third-order valence-electron chi connectivity index (χ3n) is 4.58. The Bertz CT molecular complexity index is 1300. The van der Waals surface area contributed by atoms with Gasteiger partial charge in [-0.05, 0) is 47.9 Å². The van der Waals surface area contributed by atoms with E-state index in [-0.39, 0.29) is 5.91 Å². The van der Waals surface area contributed by atoms with Gasteiger partial charge in [-0.2, -0.15) is 4.99 Å². The molecule has 0 aliphatic carbocycles. The molecule has 3 aromatic carbocycles. The molecule has 0 bridgehead atoms. The van der Waals surface area contributed by atoms with E-state index in [1.54, 1.807) is 0 Å². The molecule has 0 fully saturated rings. The Kier molecular flexibility index (Phi) is 4.39. The summed E-state index contributed by atoms with van der Waals surface area (Å²) in [5.74, 6) is 2.43. The van der Waals surface area contributed by atoms with Crippen LogP contribution in [0.25, 0.3) is 21.0 Å². The maximum atomic E-state index is 13.0. The SMILES string of the molecule is C#CCn1c(=NC(=O)c2cccc3ccccc23)sc2cc(C)cc(C)c21. The molecule has 0 saturated carbocycles. The summed E-state index contributed by atoms with van der Waals surface area (Å²) in [5, 5.41) is 1.93. The van der Waals surface area contributed by atoms with Crippen molar-refractivity contribution in [3.63, 3.8) is 0 Å². The minimum absolute atomic E-state index is 0.251. The number of aryl methyl sites for hydroxylation is 2. The van der Waals surface area contributed by atoms with Crippen LogP contribution in [0.2, 0.25) is 0 Å². The first-order valence-corrected chi connectivity index (χ1v) is 9.51. The van der Waals surface area contributed by atoms with Crippen LogP contribution >= 0.6 is 11.3 Å². The Labute approximate surface area is 161 Å².